The Balaban J connectivity index is 2.13. The van der Waals surface area contributed by atoms with E-state index in [1.165, 1.54) is 6.07 Å². The smallest absolute Gasteiger partial charge is 0.126 e. The van der Waals surface area contributed by atoms with Crippen LogP contribution in [0.15, 0.2) is 47.1 Å². The van der Waals surface area contributed by atoms with Gasteiger partial charge in [0.2, 0.25) is 0 Å². The maximum atomic E-state index is 13.7. The highest BCUT2D eigenvalue weighted by atomic mass is 19.1. The molecule has 1 heterocycles. The van der Waals surface area contributed by atoms with Gasteiger partial charge in [-0.2, -0.15) is 0 Å². The summed E-state index contributed by atoms with van der Waals surface area (Å²) >= 11 is 0. The van der Waals surface area contributed by atoms with Crippen molar-refractivity contribution in [2.45, 2.75) is 25.8 Å². The van der Waals surface area contributed by atoms with E-state index in [1.54, 1.807) is 12.3 Å². The first-order valence-electron chi connectivity index (χ1n) is 6.31. The second-order valence-electron chi connectivity index (χ2n) is 4.32. The molecule has 0 radical (unpaired) electrons. The maximum absolute atomic E-state index is 13.7. The molecule has 1 atom stereocenters. The zero-order valence-electron chi connectivity index (χ0n) is 10.5. The molecule has 0 bridgehead atoms. The van der Waals surface area contributed by atoms with E-state index in [4.69, 9.17) is 4.42 Å². The van der Waals surface area contributed by atoms with E-state index < -0.39 is 0 Å². The molecule has 0 amide bonds. The number of benzene rings is 1. The monoisotopic (exact) mass is 247 g/mol. The van der Waals surface area contributed by atoms with Crippen molar-refractivity contribution >= 4 is 0 Å². The first-order valence-corrected chi connectivity index (χ1v) is 6.31. The van der Waals surface area contributed by atoms with Gasteiger partial charge in [-0.1, -0.05) is 25.1 Å². The van der Waals surface area contributed by atoms with Gasteiger partial charge in [-0.3, -0.25) is 0 Å². The molecule has 2 aromatic rings. The summed E-state index contributed by atoms with van der Waals surface area (Å²) in [5, 5.41) is 3.39. The SMILES string of the molecule is CCCNC(Cc1ccccc1F)c1ccco1. The molecule has 1 unspecified atom stereocenters. The number of hydrogen-bond acceptors (Lipinski definition) is 2. The van der Waals surface area contributed by atoms with E-state index >= 15 is 0 Å². The zero-order valence-corrected chi connectivity index (χ0v) is 10.5. The molecule has 0 aliphatic carbocycles. The summed E-state index contributed by atoms with van der Waals surface area (Å²) in [5.74, 6) is 0.694. The van der Waals surface area contributed by atoms with Gasteiger partial charge in [0.1, 0.15) is 11.6 Å². The van der Waals surface area contributed by atoms with Gasteiger partial charge in [-0.15, -0.1) is 0 Å². The fraction of sp³-hybridized carbons (Fsp3) is 0.333. The summed E-state index contributed by atoms with van der Waals surface area (Å²) in [7, 11) is 0. The van der Waals surface area contributed by atoms with Gasteiger partial charge < -0.3 is 9.73 Å². The van der Waals surface area contributed by atoms with Crippen LogP contribution in [0.4, 0.5) is 4.39 Å². The number of hydrogen-bond donors (Lipinski definition) is 1. The van der Waals surface area contributed by atoms with Crippen molar-refractivity contribution < 1.29 is 8.81 Å². The normalized spacial score (nSPS) is 12.6. The maximum Gasteiger partial charge on any atom is 0.126 e. The van der Waals surface area contributed by atoms with Crippen LogP contribution in [-0.2, 0) is 6.42 Å². The van der Waals surface area contributed by atoms with Crippen molar-refractivity contribution in [1.82, 2.24) is 5.32 Å². The van der Waals surface area contributed by atoms with Crippen LogP contribution in [0, 0.1) is 5.82 Å². The summed E-state index contributed by atoms with van der Waals surface area (Å²) in [5.41, 5.74) is 0.711. The quantitative estimate of drug-likeness (QED) is 0.842. The molecule has 1 N–H and O–H groups in total. The number of nitrogens with one attached hydrogen (secondary N) is 1. The first kappa shape index (κ1) is 12.8. The minimum Gasteiger partial charge on any atom is -0.468 e. The standard InChI is InChI=1S/C15H18FNO/c1-2-9-17-14(15-8-5-10-18-15)11-12-6-3-4-7-13(12)16/h3-8,10,14,17H,2,9,11H2,1H3. The van der Waals surface area contributed by atoms with Crippen molar-refractivity contribution in [3.8, 4) is 0 Å². The van der Waals surface area contributed by atoms with Crippen molar-refractivity contribution in [3.63, 3.8) is 0 Å². The topological polar surface area (TPSA) is 25.2 Å². The second kappa shape index (κ2) is 6.36. The molecule has 0 fully saturated rings. The Kier molecular flexibility index (Phi) is 4.53. The van der Waals surface area contributed by atoms with Crippen LogP contribution >= 0.6 is 0 Å². The van der Waals surface area contributed by atoms with Gasteiger partial charge in [-0.05, 0) is 43.1 Å². The average Bonchev–Trinajstić information content (AvgIpc) is 2.90. The lowest BCUT2D eigenvalue weighted by molar-refractivity contribution is 0.406. The largest absolute Gasteiger partial charge is 0.468 e. The fourth-order valence-corrected chi connectivity index (χ4v) is 1.97. The number of rotatable bonds is 6. The third-order valence-electron chi connectivity index (χ3n) is 2.91. The molecule has 0 aliphatic heterocycles. The minimum absolute atomic E-state index is 0.0249. The van der Waals surface area contributed by atoms with Crippen molar-refractivity contribution in [3.05, 3.63) is 59.8 Å². The Morgan fingerprint density at radius 1 is 1.22 bits per heavy atom. The van der Waals surface area contributed by atoms with E-state index in [-0.39, 0.29) is 11.9 Å². The van der Waals surface area contributed by atoms with Crippen molar-refractivity contribution in [1.29, 1.82) is 0 Å². The fourth-order valence-electron chi connectivity index (χ4n) is 1.97. The highest BCUT2D eigenvalue weighted by Crippen LogP contribution is 2.20. The Hall–Kier alpha value is -1.61. The van der Waals surface area contributed by atoms with Crippen LogP contribution < -0.4 is 5.32 Å². The molecule has 1 aromatic heterocycles. The summed E-state index contributed by atoms with van der Waals surface area (Å²) < 4.78 is 19.1. The van der Waals surface area contributed by atoms with Gasteiger partial charge in [-0.25, -0.2) is 4.39 Å². The van der Waals surface area contributed by atoms with Crippen LogP contribution in [0.5, 0.6) is 0 Å². The van der Waals surface area contributed by atoms with Crippen LogP contribution in [0.2, 0.25) is 0 Å². The lowest BCUT2D eigenvalue weighted by atomic mass is 10.0. The predicted octanol–water partition coefficient (Wildman–Crippen LogP) is 3.70. The Morgan fingerprint density at radius 2 is 2.06 bits per heavy atom. The highest BCUT2D eigenvalue weighted by molar-refractivity contribution is 5.20. The summed E-state index contributed by atoms with van der Waals surface area (Å²) in [6.07, 6.45) is 3.28. The van der Waals surface area contributed by atoms with E-state index in [1.807, 2.05) is 24.3 Å². The molecule has 0 saturated heterocycles. The van der Waals surface area contributed by atoms with Gasteiger partial charge in [0.15, 0.2) is 0 Å². The van der Waals surface area contributed by atoms with Crippen LogP contribution in [0.1, 0.15) is 30.7 Å². The summed E-state index contributed by atoms with van der Waals surface area (Å²) in [6.45, 7) is 3.00. The van der Waals surface area contributed by atoms with E-state index in [0.29, 0.717) is 12.0 Å². The predicted molar refractivity (Wildman–Crippen MR) is 69.8 cm³/mol. The molecule has 2 nitrogen and oxygen atoms in total. The molecular formula is C15H18FNO. The molecule has 0 saturated carbocycles. The molecule has 0 spiro atoms. The van der Waals surface area contributed by atoms with E-state index in [2.05, 4.69) is 12.2 Å². The molecule has 96 valence electrons. The molecule has 0 aliphatic rings. The van der Waals surface area contributed by atoms with Gasteiger partial charge in [0.05, 0.1) is 12.3 Å². The third kappa shape index (κ3) is 3.20. The third-order valence-corrected chi connectivity index (χ3v) is 2.91. The lowest BCUT2D eigenvalue weighted by Crippen LogP contribution is -2.24. The Bertz CT molecular complexity index is 467. The first-order chi connectivity index (χ1) is 8.81. The Labute approximate surface area is 107 Å². The summed E-state index contributed by atoms with van der Waals surface area (Å²) in [4.78, 5) is 0. The zero-order chi connectivity index (χ0) is 12.8. The van der Waals surface area contributed by atoms with Crippen LogP contribution in [0.3, 0.4) is 0 Å². The number of furan rings is 1. The summed E-state index contributed by atoms with van der Waals surface area (Å²) in [6, 6.07) is 10.7. The van der Waals surface area contributed by atoms with Crippen molar-refractivity contribution in [2.75, 3.05) is 6.54 Å². The lowest BCUT2D eigenvalue weighted by Gasteiger charge is -2.16. The van der Waals surface area contributed by atoms with Gasteiger partial charge in [0, 0.05) is 0 Å². The Morgan fingerprint density at radius 3 is 2.72 bits per heavy atom. The van der Waals surface area contributed by atoms with Gasteiger partial charge in [0.25, 0.3) is 0 Å². The van der Waals surface area contributed by atoms with Crippen molar-refractivity contribution in [2.24, 2.45) is 0 Å². The van der Waals surface area contributed by atoms with Crippen LogP contribution in [-0.4, -0.2) is 6.54 Å². The van der Waals surface area contributed by atoms with E-state index in [0.717, 1.165) is 18.7 Å². The van der Waals surface area contributed by atoms with Gasteiger partial charge >= 0.3 is 0 Å². The molecule has 18 heavy (non-hydrogen) atoms. The molecule has 3 heteroatoms. The minimum atomic E-state index is -0.160. The molecule has 1 aromatic carbocycles. The highest BCUT2D eigenvalue weighted by Gasteiger charge is 2.15. The van der Waals surface area contributed by atoms with E-state index in [9.17, 15) is 4.39 Å². The molecular weight excluding hydrogens is 229 g/mol. The second-order valence-corrected chi connectivity index (χ2v) is 4.32. The van der Waals surface area contributed by atoms with Crippen LogP contribution in [0.25, 0.3) is 0 Å². The number of halogens is 1. The molecule has 2 rings (SSSR count). The average molecular weight is 247 g/mol.